The van der Waals surface area contributed by atoms with Crippen LogP contribution in [0, 0.1) is 0 Å². The van der Waals surface area contributed by atoms with Gasteiger partial charge in [0.1, 0.15) is 4.60 Å². The van der Waals surface area contributed by atoms with Crippen LogP contribution in [0.5, 0.6) is 0 Å². The largest absolute Gasteiger partial charge is 0.369 e. The van der Waals surface area contributed by atoms with Crippen LogP contribution in [0.2, 0.25) is 0 Å². The molecule has 1 aromatic heterocycles. The fourth-order valence-electron chi connectivity index (χ4n) is 2.51. The molecule has 88 valence electrons. The van der Waals surface area contributed by atoms with E-state index in [1.54, 1.807) is 0 Å². The second kappa shape index (κ2) is 3.88. The molecule has 0 unspecified atom stereocenters. The highest BCUT2D eigenvalue weighted by molar-refractivity contribution is 9.10. The number of anilines is 1. The molecule has 3 rings (SSSR count). The molecule has 1 heterocycles. The summed E-state index contributed by atoms with van der Waals surface area (Å²) in [5.74, 6) is 0.535. The van der Waals surface area contributed by atoms with Crippen molar-refractivity contribution in [1.29, 1.82) is 0 Å². The molecule has 0 saturated carbocycles. The lowest BCUT2D eigenvalue weighted by Crippen LogP contribution is -1.98. The summed E-state index contributed by atoms with van der Waals surface area (Å²) in [5, 5.41) is 0. The van der Waals surface area contributed by atoms with E-state index in [-0.39, 0.29) is 0 Å². The average molecular weight is 292 g/mol. The maximum atomic E-state index is 5.81. The topological polar surface area (TPSA) is 43.8 Å². The quantitative estimate of drug-likeness (QED) is 0.878. The minimum atomic E-state index is 0.535. The predicted molar refractivity (Wildman–Crippen MR) is 72.8 cm³/mol. The van der Waals surface area contributed by atoms with Gasteiger partial charge in [-0.1, -0.05) is 12.1 Å². The van der Waals surface area contributed by atoms with Crippen molar-refractivity contribution in [3.63, 3.8) is 0 Å². The Morgan fingerprint density at radius 1 is 1.29 bits per heavy atom. The Labute approximate surface area is 109 Å². The lowest BCUT2D eigenvalue weighted by Gasteiger charge is -2.07. The number of nitrogens with two attached hydrogens (primary N) is 1. The van der Waals surface area contributed by atoms with Gasteiger partial charge >= 0.3 is 0 Å². The van der Waals surface area contributed by atoms with Gasteiger partial charge in [0.25, 0.3) is 0 Å². The van der Waals surface area contributed by atoms with Crippen molar-refractivity contribution in [2.45, 2.75) is 19.3 Å². The first-order valence-electron chi connectivity index (χ1n) is 5.76. The van der Waals surface area contributed by atoms with Gasteiger partial charge in [-0.05, 0) is 52.4 Å². The van der Waals surface area contributed by atoms with E-state index in [9.17, 15) is 0 Å². The zero-order chi connectivity index (χ0) is 12.0. The number of nitrogen functional groups attached to an aromatic ring is 1. The van der Waals surface area contributed by atoms with E-state index >= 15 is 0 Å². The fourth-order valence-corrected chi connectivity index (χ4v) is 3.19. The second-order valence-corrected chi connectivity index (χ2v) is 5.26. The number of fused-ring (bicyclic) bond motifs is 1. The summed E-state index contributed by atoms with van der Waals surface area (Å²) in [6.45, 7) is 0. The molecule has 0 bridgehead atoms. The maximum Gasteiger partial charge on any atom is 0.201 e. The van der Waals surface area contributed by atoms with Gasteiger partial charge in [-0.15, -0.1) is 0 Å². The molecule has 17 heavy (non-hydrogen) atoms. The Balaban J connectivity index is 2.15. The molecule has 0 radical (unpaired) electrons. The molecule has 1 aliphatic rings. The second-order valence-electron chi connectivity index (χ2n) is 4.51. The molecule has 2 N–H and O–H groups in total. The third kappa shape index (κ3) is 1.67. The normalized spacial score (nSPS) is 14.0. The van der Waals surface area contributed by atoms with E-state index in [2.05, 4.69) is 39.1 Å². The molecule has 1 aromatic carbocycles. The van der Waals surface area contributed by atoms with Gasteiger partial charge < -0.3 is 10.3 Å². The summed E-state index contributed by atoms with van der Waals surface area (Å²) in [5.41, 5.74) is 11.0. The molecular formula is C13H14BrN3. The van der Waals surface area contributed by atoms with Crippen molar-refractivity contribution in [3.8, 4) is 11.3 Å². The number of imidazole rings is 1. The fraction of sp³-hybridized carbons (Fsp3) is 0.308. The molecule has 0 aliphatic heterocycles. The van der Waals surface area contributed by atoms with Gasteiger partial charge in [0.05, 0.1) is 5.69 Å². The molecule has 2 aromatic rings. The van der Waals surface area contributed by atoms with Gasteiger partial charge in [-0.25, -0.2) is 4.98 Å². The Morgan fingerprint density at radius 2 is 2.06 bits per heavy atom. The Bertz CT molecular complexity index is 587. The van der Waals surface area contributed by atoms with E-state index < -0.39 is 0 Å². The average Bonchev–Trinajstić information content (AvgIpc) is 2.84. The molecule has 0 saturated heterocycles. The smallest absolute Gasteiger partial charge is 0.201 e. The number of benzene rings is 1. The number of aryl methyl sites for hydroxylation is 2. The summed E-state index contributed by atoms with van der Waals surface area (Å²) in [6.07, 6.45) is 3.67. The summed E-state index contributed by atoms with van der Waals surface area (Å²) >= 11 is 3.47. The lowest BCUT2D eigenvalue weighted by molar-refractivity contribution is 0.911. The van der Waals surface area contributed by atoms with Crippen LogP contribution in [0.4, 0.5) is 5.95 Å². The number of rotatable bonds is 1. The van der Waals surface area contributed by atoms with Crippen molar-refractivity contribution >= 4 is 21.9 Å². The molecule has 0 amide bonds. The molecule has 3 nitrogen and oxygen atoms in total. The summed E-state index contributed by atoms with van der Waals surface area (Å²) in [4.78, 5) is 4.24. The Hall–Kier alpha value is -1.29. The third-order valence-corrected chi connectivity index (χ3v) is 4.01. The first-order chi connectivity index (χ1) is 8.16. The summed E-state index contributed by atoms with van der Waals surface area (Å²) < 4.78 is 2.73. The number of aromatic nitrogens is 2. The van der Waals surface area contributed by atoms with E-state index in [1.807, 2.05) is 11.6 Å². The van der Waals surface area contributed by atoms with E-state index in [0.717, 1.165) is 10.3 Å². The number of hydrogen-bond donors (Lipinski definition) is 1. The standard InChI is InChI=1S/C13H14BrN3/c1-17-11(12(14)16-13(17)15)10-6-5-8-3-2-4-9(8)7-10/h5-7H,2-4H2,1H3,(H2,15,16). The molecule has 0 spiro atoms. The first-order valence-corrected chi connectivity index (χ1v) is 6.56. The van der Waals surface area contributed by atoms with Gasteiger partial charge in [-0.2, -0.15) is 0 Å². The summed E-state index contributed by atoms with van der Waals surface area (Å²) in [7, 11) is 1.94. The monoisotopic (exact) mass is 291 g/mol. The Morgan fingerprint density at radius 3 is 2.76 bits per heavy atom. The van der Waals surface area contributed by atoms with Gasteiger partial charge in [0.15, 0.2) is 0 Å². The van der Waals surface area contributed by atoms with Crippen LogP contribution >= 0.6 is 15.9 Å². The first kappa shape index (κ1) is 10.8. The van der Waals surface area contributed by atoms with Crippen LogP contribution in [0.3, 0.4) is 0 Å². The van der Waals surface area contributed by atoms with Crippen LogP contribution < -0.4 is 5.73 Å². The summed E-state index contributed by atoms with van der Waals surface area (Å²) in [6, 6.07) is 6.65. The van der Waals surface area contributed by atoms with Crippen LogP contribution in [0.25, 0.3) is 11.3 Å². The predicted octanol–water partition coefficient (Wildman–Crippen LogP) is 2.92. The maximum absolute atomic E-state index is 5.81. The lowest BCUT2D eigenvalue weighted by atomic mass is 10.0. The van der Waals surface area contributed by atoms with Crippen molar-refractivity contribution < 1.29 is 0 Å². The highest BCUT2D eigenvalue weighted by Gasteiger charge is 2.16. The van der Waals surface area contributed by atoms with Crippen molar-refractivity contribution in [2.24, 2.45) is 7.05 Å². The SMILES string of the molecule is Cn1c(N)nc(Br)c1-c1ccc2c(c1)CCC2. The Kier molecular flexibility index (Phi) is 2.47. The van der Waals surface area contributed by atoms with Crippen molar-refractivity contribution in [2.75, 3.05) is 5.73 Å². The molecule has 0 atom stereocenters. The molecule has 0 fully saturated rings. The highest BCUT2D eigenvalue weighted by atomic mass is 79.9. The molecular weight excluding hydrogens is 278 g/mol. The third-order valence-electron chi connectivity index (χ3n) is 3.46. The highest BCUT2D eigenvalue weighted by Crippen LogP contribution is 2.32. The zero-order valence-electron chi connectivity index (χ0n) is 9.70. The van der Waals surface area contributed by atoms with Crippen LogP contribution in [0.1, 0.15) is 17.5 Å². The van der Waals surface area contributed by atoms with Gasteiger partial charge in [0.2, 0.25) is 5.95 Å². The number of hydrogen-bond acceptors (Lipinski definition) is 2. The van der Waals surface area contributed by atoms with Gasteiger partial charge in [0, 0.05) is 12.6 Å². The van der Waals surface area contributed by atoms with E-state index in [1.165, 1.54) is 36.0 Å². The number of halogens is 1. The van der Waals surface area contributed by atoms with E-state index in [0.29, 0.717) is 5.95 Å². The minimum absolute atomic E-state index is 0.535. The van der Waals surface area contributed by atoms with Crippen LogP contribution in [-0.4, -0.2) is 9.55 Å². The van der Waals surface area contributed by atoms with Gasteiger partial charge in [-0.3, -0.25) is 0 Å². The van der Waals surface area contributed by atoms with Crippen molar-refractivity contribution in [1.82, 2.24) is 9.55 Å². The van der Waals surface area contributed by atoms with Crippen LogP contribution in [-0.2, 0) is 19.9 Å². The van der Waals surface area contributed by atoms with E-state index in [4.69, 9.17) is 5.73 Å². The molecule has 4 heteroatoms. The minimum Gasteiger partial charge on any atom is -0.369 e. The zero-order valence-corrected chi connectivity index (χ0v) is 11.3. The molecule has 1 aliphatic carbocycles. The number of nitrogens with zero attached hydrogens (tertiary/aromatic N) is 2. The van der Waals surface area contributed by atoms with Crippen molar-refractivity contribution in [3.05, 3.63) is 33.9 Å². The van der Waals surface area contributed by atoms with Crippen LogP contribution in [0.15, 0.2) is 22.8 Å².